The van der Waals surface area contributed by atoms with Gasteiger partial charge in [0, 0.05) is 6.21 Å². The number of hydrogen-bond donors (Lipinski definition) is 0. The number of rotatable bonds is 3. The molecule has 0 aliphatic heterocycles. The number of hydrogen-bond acceptors (Lipinski definition) is 3. The molecule has 0 fully saturated rings. The van der Waals surface area contributed by atoms with E-state index >= 15 is 0 Å². The first-order chi connectivity index (χ1) is 7.88. The average Bonchev–Trinajstić information content (AvgIpc) is 2.83. The third-order valence-corrected chi connectivity index (χ3v) is 2.11. The van der Waals surface area contributed by atoms with Crippen LogP contribution in [0, 0.1) is 11.3 Å². The monoisotopic (exact) mass is 210 g/mol. The van der Waals surface area contributed by atoms with Gasteiger partial charge in [0.1, 0.15) is 5.76 Å². The smallest absolute Gasteiger partial charge is 0.125 e. The summed E-state index contributed by atoms with van der Waals surface area (Å²) >= 11 is 0. The summed E-state index contributed by atoms with van der Waals surface area (Å²) in [6.07, 6.45) is 3.40. The summed E-state index contributed by atoms with van der Waals surface area (Å²) in [5, 5.41) is 8.63. The average molecular weight is 210 g/mol. The van der Waals surface area contributed by atoms with Crippen molar-refractivity contribution in [3.63, 3.8) is 0 Å². The van der Waals surface area contributed by atoms with E-state index < -0.39 is 0 Å². The van der Waals surface area contributed by atoms with Crippen LogP contribution in [0.25, 0.3) is 0 Å². The predicted octanol–water partition coefficient (Wildman–Crippen LogP) is 2.77. The van der Waals surface area contributed by atoms with Gasteiger partial charge in [0.2, 0.25) is 0 Å². The normalized spacial score (nSPS) is 10.4. The molecule has 1 aromatic heterocycles. The minimum absolute atomic E-state index is 0.535. The molecule has 0 amide bonds. The second kappa shape index (κ2) is 4.94. The van der Waals surface area contributed by atoms with E-state index in [0.29, 0.717) is 12.1 Å². The maximum absolute atomic E-state index is 8.63. The summed E-state index contributed by atoms with van der Waals surface area (Å²) in [4.78, 5) is 4.24. The zero-order valence-electron chi connectivity index (χ0n) is 8.63. The van der Waals surface area contributed by atoms with E-state index in [1.807, 2.05) is 24.3 Å². The van der Waals surface area contributed by atoms with E-state index in [-0.39, 0.29) is 0 Å². The van der Waals surface area contributed by atoms with Crippen LogP contribution in [0.5, 0.6) is 0 Å². The molecule has 0 saturated heterocycles. The van der Waals surface area contributed by atoms with E-state index in [1.54, 1.807) is 24.6 Å². The first-order valence-corrected chi connectivity index (χ1v) is 4.91. The fourth-order valence-electron chi connectivity index (χ4n) is 1.29. The van der Waals surface area contributed by atoms with Crippen LogP contribution < -0.4 is 0 Å². The van der Waals surface area contributed by atoms with Crippen molar-refractivity contribution in [1.29, 1.82) is 5.26 Å². The van der Waals surface area contributed by atoms with Gasteiger partial charge in [-0.25, -0.2) is 0 Å². The first kappa shape index (κ1) is 10.2. The second-order valence-corrected chi connectivity index (χ2v) is 3.28. The molecule has 0 aliphatic carbocycles. The summed E-state index contributed by atoms with van der Waals surface area (Å²) in [5.74, 6) is 0.838. The largest absolute Gasteiger partial charge is 0.467 e. The molecule has 0 N–H and O–H groups in total. The fraction of sp³-hybridized carbons (Fsp3) is 0.0769. The zero-order chi connectivity index (χ0) is 11.2. The quantitative estimate of drug-likeness (QED) is 0.731. The number of nitriles is 1. The third-order valence-electron chi connectivity index (χ3n) is 2.11. The molecule has 0 radical (unpaired) electrons. The summed E-state index contributed by atoms with van der Waals surface area (Å²) < 4.78 is 5.15. The van der Waals surface area contributed by atoms with Crippen LogP contribution in [0.4, 0.5) is 0 Å². The Morgan fingerprint density at radius 1 is 1.25 bits per heavy atom. The molecule has 0 bridgehead atoms. The van der Waals surface area contributed by atoms with Crippen LogP contribution in [-0.4, -0.2) is 6.21 Å². The molecule has 0 saturated carbocycles. The minimum atomic E-state index is 0.535. The highest BCUT2D eigenvalue weighted by molar-refractivity contribution is 5.79. The molecule has 0 atom stereocenters. The van der Waals surface area contributed by atoms with E-state index in [4.69, 9.17) is 9.68 Å². The lowest BCUT2D eigenvalue weighted by Gasteiger charge is -1.92. The van der Waals surface area contributed by atoms with E-state index in [0.717, 1.165) is 11.3 Å². The predicted molar refractivity (Wildman–Crippen MR) is 61.2 cm³/mol. The fourth-order valence-corrected chi connectivity index (χ4v) is 1.29. The standard InChI is InChI=1S/C13H10N2O/c14-8-11-3-5-12(6-4-11)9-15-10-13-2-1-7-16-13/h1-7,9H,10H2. The Morgan fingerprint density at radius 2 is 2.06 bits per heavy atom. The molecular formula is C13H10N2O. The number of nitrogens with zero attached hydrogens (tertiary/aromatic N) is 2. The van der Waals surface area contributed by atoms with Crippen molar-refractivity contribution < 1.29 is 4.42 Å². The Kier molecular flexibility index (Phi) is 3.15. The summed E-state index contributed by atoms with van der Waals surface area (Å²) in [6, 6.07) is 13.1. The lowest BCUT2D eigenvalue weighted by molar-refractivity contribution is 0.513. The van der Waals surface area contributed by atoms with Crippen LogP contribution in [0.1, 0.15) is 16.9 Å². The molecule has 0 aliphatic rings. The highest BCUT2D eigenvalue weighted by Gasteiger charge is 1.92. The van der Waals surface area contributed by atoms with Crippen molar-refractivity contribution in [2.75, 3.05) is 0 Å². The van der Waals surface area contributed by atoms with Gasteiger partial charge < -0.3 is 4.42 Å². The van der Waals surface area contributed by atoms with Gasteiger partial charge in [-0.15, -0.1) is 0 Å². The van der Waals surface area contributed by atoms with E-state index in [9.17, 15) is 0 Å². The zero-order valence-corrected chi connectivity index (χ0v) is 8.63. The summed E-state index contributed by atoms with van der Waals surface area (Å²) in [5.41, 5.74) is 1.63. The van der Waals surface area contributed by atoms with Gasteiger partial charge in [0.15, 0.2) is 0 Å². The van der Waals surface area contributed by atoms with Crippen LogP contribution in [0.2, 0.25) is 0 Å². The lowest BCUT2D eigenvalue weighted by atomic mass is 10.2. The van der Waals surface area contributed by atoms with Gasteiger partial charge in [-0.3, -0.25) is 4.99 Å². The molecular weight excluding hydrogens is 200 g/mol. The van der Waals surface area contributed by atoms with Crippen molar-refractivity contribution in [3.8, 4) is 6.07 Å². The summed E-state index contributed by atoms with van der Waals surface area (Å²) in [7, 11) is 0. The van der Waals surface area contributed by atoms with Crippen molar-refractivity contribution in [3.05, 3.63) is 59.5 Å². The molecule has 2 aromatic rings. The Hall–Kier alpha value is -2.34. The Bertz CT molecular complexity index is 504. The van der Waals surface area contributed by atoms with Gasteiger partial charge in [0.05, 0.1) is 24.4 Å². The molecule has 2 rings (SSSR count). The maximum Gasteiger partial charge on any atom is 0.125 e. The maximum atomic E-state index is 8.63. The summed E-state index contributed by atoms with van der Waals surface area (Å²) in [6.45, 7) is 0.535. The van der Waals surface area contributed by atoms with Gasteiger partial charge >= 0.3 is 0 Å². The molecule has 0 spiro atoms. The lowest BCUT2D eigenvalue weighted by Crippen LogP contribution is -1.83. The van der Waals surface area contributed by atoms with Crippen molar-refractivity contribution in [2.24, 2.45) is 4.99 Å². The number of benzene rings is 1. The molecule has 0 unspecified atom stereocenters. The van der Waals surface area contributed by atoms with Crippen LogP contribution in [-0.2, 0) is 6.54 Å². The molecule has 1 aromatic carbocycles. The SMILES string of the molecule is N#Cc1ccc(C=NCc2ccco2)cc1. The Morgan fingerprint density at radius 3 is 2.69 bits per heavy atom. The molecule has 3 heteroatoms. The van der Waals surface area contributed by atoms with Crippen molar-refractivity contribution in [2.45, 2.75) is 6.54 Å². The van der Waals surface area contributed by atoms with Gasteiger partial charge in [-0.05, 0) is 29.8 Å². The first-order valence-electron chi connectivity index (χ1n) is 4.91. The number of aliphatic imine (C=N–C) groups is 1. The molecule has 1 heterocycles. The van der Waals surface area contributed by atoms with Gasteiger partial charge in [-0.2, -0.15) is 5.26 Å². The second-order valence-electron chi connectivity index (χ2n) is 3.28. The molecule has 78 valence electrons. The highest BCUT2D eigenvalue weighted by atomic mass is 16.3. The Balaban J connectivity index is 1.98. The van der Waals surface area contributed by atoms with E-state index in [1.165, 1.54) is 0 Å². The Labute approximate surface area is 93.7 Å². The van der Waals surface area contributed by atoms with Crippen LogP contribution >= 0.6 is 0 Å². The van der Waals surface area contributed by atoms with E-state index in [2.05, 4.69) is 11.1 Å². The highest BCUT2D eigenvalue weighted by Crippen LogP contribution is 2.03. The van der Waals surface area contributed by atoms with Gasteiger partial charge in [-0.1, -0.05) is 12.1 Å². The topological polar surface area (TPSA) is 49.3 Å². The molecule has 3 nitrogen and oxygen atoms in total. The van der Waals surface area contributed by atoms with Gasteiger partial charge in [0.25, 0.3) is 0 Å². The number of furan rings is 1. The van der Waals surface area contributed by atoms with Crippen LogP contribution in [0.15, 0.2) is 52.1 Å². The minimum Gasteiger partial charge on any atom is -0.467 e. The van der Waals surface area contributed by atoms with Crippen LogP contribution in [0.3, 0.4) is 0 Å². The van der Waals surface area contributed by atoms with Crippen molar-refractivity contribution in [1.82, 2.24) is 0 Å². The molecule has 16 heavy (non-hydrogen) atoms. The van der Waals surface area contributed by atoms with Crippen molar-refractivity contribution >= 4 is 6.21 Å². The third kappa shape index (κ3) is 2.58.